The molecule has 8 heteroatoms. The first-order valence-corrected chi connectivity index (χ1v) is 3.95. The van der Waals surface area contributed by atoms with Crippen molar-refractivity contribution in [2.75, 3.05) is 28.2 Å². The fourth-order valence-corrected chi connectivity index (χ4v) is 1.20. The Morgan fingerprint density at radius 1 is 0.625 bits per heavy atom. The average molecular weight is 288 g/mol. The summed E-state index contributed by atoms with van der Waals surface area (Å²) in [5, 5.41) is 0. The van der Waals surface area contributed by atoms with E-state index in [9.17, 15) is 0 Å². The second kappa shape index (κ2) is 60.8. The minimum Gasteiger partial charge on any atom is 0 e. The van der Waals surface area contributed by atoms with Crippen LogP contribution in [0.15, 0.2) is 0 Å². The van der Waals surface area contributed by atoms with Crippen molar-refractivity contribution in [2.24, 2.45) is 0 Å². The van der Waals surface area contributed by atoms with Gasteiger partial charge in [0.1, 0.15) is 0 Å². The van der Waals surface area contributed by atoms with Gasteiger partial charge >= 0.3 is 45.2 Å². The third-order valence-corrected chi connectivity index (χ3v) is 1.20. The molecule has 0 fully saturated rings. The monoisotopic (exact) mass is 288 g/mol. The molecule has 0 aromatic heterocycles. The number of nitrogens with zero attached hydrogens (tertiary/aromatic N) is 2. The summed E-state index contributed by atoms with van der Waals surface area (Å²) in [5.74, 6) is 0. The third-order valence-electron chi connectivity index (χ3n) is 0.400. The molecule has 0 aromatic rings. The van der Waals surface area contributed by atoms with E-state index in [-0.39, 0.29) is 17.1 Å². The standard InChI is InChI=1S/C4H13N2P.4CO.Fe/c1-5(2)7-6(3)4;4*1-2;/h7H,1-4H3;;;;;. The first-order valence-electron chi connectivity index (χ1n) is 3.05. The molecule has 0 saturated carbocycles. The Morgan fingerprint density at radius 3 is 0.750 bits per heavy atom. The van der Waals surface area contributed by atoms with Crippen LogP contribution in [-0.4, -0.2) is 37.5 Å². The van der Waals surface area contributed by atoms with Crippen molar-refractivity contribution in [3.05, 3.63) is 26.6 Å². The van der Waals surface area contributed by atoms with Gasteiger partial charge in [-0.25, -0.2) is 0 Å². The molecule has 0 aliphatic heterocycles. The van der Waals surface area contributed by atoms with Crippen LogP contribution in [0.5, 0.6) is 0 Å². The maximum Gasteiger partial charge on any atom is 0 e. The minimum absolute atomic E-state index is 0. The van der Waals surface area contributed by atoms with Crippen molar-refractivity contribution in [2.45, 2.75) is 0 Å². The van der Waals surface area contributed by atoms with Gasteiger partial charge in [0.25, 0.3) is 0 Å². The van der Waals surface area contributed by atoms with Gasteiger partial charge in [0.2, 0.25) is 0 Å². The second-order valence-corrected chi connectivity index (χ2v) is 3.88. The van der Waals surface area contributed by atoms with Gasteiger partial charge in [0.05, 0.1) is 0 Å². The van der Waals surface area contributed by atoms with Gasteiger partial charge in [0, 0.05) is 26.0 Å². The second-order valence-electron chi connectivity index (χ2n) is 1.89. The summed E-state index contributed by atoms with van der Waals surface area (Å²) in [6, 6.07) is 0. The quantitative estimate of drug-likeness (QED) is 0.320. The molecule has 0 N–H and O–H groups in total. The molecule has 0 saturated heterocycles. The molecule has 92 valence electrons. The van der Waals surface area contributed by atoms with Crippen LogP contribution in [0.3, 0.4) is 0 Å². The number of rotatable bonds is 2. The summed E-state index contributed by atoms with van der Waals surface area (Å²) < 4.78 is 34.3. The Hall–Kier alpha value is -0.171. The van der Waals surface area contributed by atoms with Crippen molar-refractivity contribution in [1.29, 1.82) is 0 Å². The Kier molecular flexibility index (Phi) is 137. The summed E-state index contributed by atoms with van der Waals surface area (Å²) in [6.45, 7) is 18.0. The molecular formula is C8H13FeN2O4P. The Bertz CT molecular complexity index is 138. The Labute approximate surface area is 109 Å². The van der Waals surface area contributed by atoms with E-state index in [0.29, 0.717) is 0 Å². The molecule has 0 amide bonds. The molecule has 0 heterocycles. The van der Waals surface area contributed by atoms with Gasteiger partial charge in [0.15, 0.2) is 0 Å². The van der Waals surface area contributed by atoms with Gasteiger partial charge < -0.3 is 0 Å². The summed E-state index contributed by atoms with van der Waals surface area (Å²) in [4.78, 5) is 0. The fraction of sp³-hybridized carbons (Fsp3) is 0.500. The van der Waals surface area contributed by atoms with Crippen LogP contribution in [0.2, 0.25) is 0 Å². The van der Waals surface area contributed by atoms with E-state index in [4.69, 9.17) is 18.6 Å². The predicted octanol–water partition coefficient (Wildman–Crippen LogP) is 0.466. The fourth-order valence-electron chi connectivity index (χ4n) is 0.400. The molecule has 0 aromatic carbocycles. The zero-order chi connectivity index (χ0) is 13.9. The van der Waals surface area contributed by atoms with Crippen LogP contribution in [0.25, 0.3) is 0 Å². The Balaban J connectivity index is -0.0000000238. The van der Waals surface area contributed by atoms with Crippen LogP contribution >= 0.6 is 8.88 Å². The van der Waals surface area contributed by atoms with E-state index in [1.165, 1.54) is 0 Å². The summed E-state index contributed by atoms with van der Waals surface area (Å²) >= 11 is 0. The summed E-state index contributed by atoms with van der Waals surface area (Å²) in [7, 11) is 9.08. The van der Waals surface area contributed by atoms with Crippen LogP contribution in [-0.2, 0) is 35.7 Å². The molecular weight excluding hydrogens is 275 g/mol. The van der Waals surface area contributed by atoms with E-state index >= 15 is 0 Å². The summed E-state index contributed by atoms with van der Waals surface area (Å²) in [6.07, 6.45) is 0. The number of hydrogen-bond donors (Lipinski definition) is 0. The SMILES string of the molecule is CN(C)PN(C)C.[C-]#[O+].[C-]#[O+].[C-]#[O+].[C-]#[O+].[Fe]. The largest absolute Gasteiger partial charge is 0 e. The van der Waals surface area contributed by atoms with E-state index < -0.39 is 0 Å². The Morgan fingerprint density at radius 2 is 0.750 bits per heavy atom. The van der Waals surface area contributed by atoms with Gasteiger partial charge in [-0.05, 0) is 28.2 Å². The van der Waals surface area contributed by atoms with Crippen LogP contribution in [0.1, 0.15) is 0 Å². The van der Waals surface area contributed by atoms with E-state index in [1.54, 1.807) is 0 Å². The smallest absolute Gasteiger partial charge is 0 e. The van der Waals surface area contributed by atoms with Crippen LogP contribution in [0, 0.1) is 26.6 Å². The van der Waals surface area contributed by atoms with Crippen molar-refractivity contribution in [3.63, 3.8) is 0 Å². The molecule has 0 unspecified atom stereocenters. The molecule has 0 rings (SSSR count). The van der Waals surface area contributed by atoms with Crippen molar-refractivity contribution >= 4 is 8.88 Å². The van der Waals surface area contributed by atoms with Crippen LogP contribution in [0.4, 0.5) is 0 Å². The van der Waals surface area contributed by atoms with Gasteiger partial charge in [-0.1, -0.05) is 0 Å². The van der Waals surface area contributed by atoms with Gasteiger partial charge in [-0.15, -0.1) is 0 Å². The minimum atomic E-state index is 0. The molecule has 0 aliphatic carbocycles. The van der Waals surface area contributed by atoms with E-state index in [2.05, 4.69) is 64.1 Å². The third kappa shape index (κ3) is 155. The van der Waals surface area contributed by atoms with Crippen molar-refractivity contribution in [1.82, 2.24) is 9.34 Å². The van der Waals surface area contributed by atoms with Crippen molar-refractivity contribution < 1.29 is 35.7 Å². The maximum absolute atomic E-state index is 7.50. The molecule has 6 nitrogen and oxygen atoms in total. The summed E-state index contributed by atoms with van der Waals surface area (Å²) in [5.41, 5.74) is 0. The zero-order valence-electron chi connectivity index (χ0n) is 9.38. The normalized spacial score (nSPS) is 5.38. The molecule has 0 aliphatic rings. The van der Waals surface area contributed by atoms with E-state index in [0.717, 1.165) is 8.88 Å². The van der Waals surface area contributed by atoms with Crippen molar-refractivity contribution in [3.8, 4) is 0 Å². The first-order chi connectivity index (χ1) is 7.13. The van der Waals surface area contributed by atoms with E-state index in [1.807, 2.05) is 0 Å². The van der Waals surface area contributed by atoms with Gasteiger partial charge in [-0.2, -0.15) is 0 Å². The number of hydrogen-bond acceptors (Lipinski definition) is 2. The topological polar surface area (TPSA) is 86.1 Å². The first kappa shape index (κ1) is 36.0. The van der Waals surface area contributed by atoms with Gasteiger partial charge in [-0.3, -0.25) is 9.34 Å². The molecule has 16 heavy (non-hydrogen) atoms. The zero-order valence-corrected chi connectivity index (χ0v) is 11.5. The molecule has 0 spiro atoms. The average Bonchev–Trinajstić information content (AvgIpc) is 2.27. The predicted molar refractivity (Wildman–Crippen MR) is 51.4 cm³/mol. The van der Waals surface area contributed by atoms with Crippen LogP contribution < -0.4 is 0 Å². The molecule has 0 atom stereocenters. The molecule has 0 radical (unpaired) electrons. The molecule has 0 bridgehead atoms. The maximum atomic E-state index is 7.50.